The van der Waals surface area contributed by atoms with Crippen LogP contribution in [0.5, 0.6) is 0 Å². The van der Waals surface area contributed by atoms with Crippen molar-refractivity contribution in [1.29, 1.82) is 0 Å². The molecule has 5 heteroatoms. The third-order valence-electron chi connectivity index (χ3n) is 3.29. The first-order valence-corrected chi connectivity index (χ1v) is 6.27. The number of nitrogens with one attached hydrogen (secondary N) is 1. The Kier molecular flexibility index (Phi) is 3.85. The summed E-state index contributed by atoms with van der Waals surface area (Å²) in [5, 5.41) is 3.11. The summed E-state index contributed by atoms with van der Waals surface area (Å²) in [4.78, 5) is 10.9. The summed E-state index contributed by atoms with van der Waals surface area (Å²) in [7, 11) is 0. The van der Waals surface area contributed by atoms with E-state index in [2.05, 4.69) is 10.1 Å². The summed E-state index contributed by atoms with van der Waals surface area (Å²) in [6.07, 6.45) is -1.30. The lowest BCUT2D eigenvalue weighted by molar-refractivity contribution is -0.159. The molecule has 19 heavy (non-hydrogen) atoms. The highest BCUT2D eigenvalue weighted by Gasteiger charge is 2.50. The Morgan fingerprint density at radius 1 is 1.42 bits per heavy atom. The maximum absolute atomic E-state index is 13.0. The van der Waals surface area contributed by atoms with Crippen LogP contribution in [-0.2, 0) is 9.53 Å². The summed E-state index contributed by atoms with van der Waals surface area (Å²) >= 11 is 0. The monoisotopic (exact) mass is 269 g/mol. The van der Waals surface area contributed by atoms with Crippen LogP contribution in [0, 0.1) is 6.92 Å². The minimum atomic E-state index is -3.33. The molecule has 1 aliphatic heterocycles. The molecule has 1 heterocycles. The average Bonchev–Trinajstić information content (AvgIpc) is 2.61. The molecule has 0 aliphatic carbocycles. The number of cyclic esters (lactones) is 1. The predicted octanol–water partition coefficient (Wildman–Crippen LogP) is 2.60. The molecular weight excluding hydrogens is 252 g/mol. The van der Waals surface area contributed by atoms with Gasteiger partial charge in [0, 0.05) is 12.6 Å². The van der Waals surface area contributed by atoms with Gasteiger partial charge in [-0.15, -0.1) is 0 Å². The molecular formula is C14H17F2NO2. The molecule has 2 rings (SSSR count). The fourth-order valence-corrected chi connectivity index (χ4v) is 2.04. The van der Waals surface area contributed by atoms with Crippen molar-refractivity contribution in [2.75, 3.05) is 6.54 Å². The quantitative estimate of drug-likeness (QED) is 0.854. The molecule has 1 N–H and O–H groups in total. The van der Waals surface area contributed by atoms with Crippen molar-refractivity contribution >= 4 is 5.97 Å². The number of carbonyl (C=O) groups excluding carboxylic acids is 1. The van der Waals surface area contributed by atoms with Crippen molar-refractivity contribution in [3.63, 3.8) is 0 Å². The first kappa shape index (κ1) is 13.9. The third-order valence-corrected chi connectivity index (χ3v) is 3.29. The molecule has 1 aromatic rings. The number of aryl methyl sites for hydroxylation is 1. The van der Waals surface area contributed by atoms with Crippen molar-refractivity contribution in [3.8, 4) is 0 Å². The number of ether oxygens (including phenoxy) is 1. The van der Waals surface area contributed by atoms with Gasteiger partial charge in [-0.1, -0.05) is 29.8 Å². The number of alkyl halides is 2. The van der Waals surface area contributed by atoms with E-state index in [0.29, 0.717) is 0 Å². The Labute approximate surface area is 111 Å². The normalized spacial score (nSPS) is 23.2. The molecule has 2 atom stereocenters. The van der Waals surface area contributed by atoms with Gasteiger partial charge in [-0.2, -0.15) is 8.78 Å². The van der Waals surface area contributed by atoms with Crippen LogP contribution in [0.3, 0.4) is 0 Å². The Balaban J connectivity index is 1.86. The van der Waals surface area contributed by atoms with Crippen LogP contribution in [0.2, 0.25) is 0 Å². The standard InChI is InChI=1S/C14H17F2NO2/c1-9-3-5-11(6-4-9)10(2)17-8-12-7-14(15,16)13(18)19-12/h3-6,10,12,17H,7-8H2,1-2H3/t10-,12?/m0/s1. The molecule has 1 unspecified atom stereocenters. The highest BCUT2D eigenvalue weighted by atomic mass is 19.3. The molecule has 0 radical (unpaired) electrons. The van der Waals surface area contributed by atoms with Crippen LogP contribution in [-0.4, -0.2) is 24.5 Å². The molecule has 104 valence electrons. The SMILES string of the molecule is Cc1ccc([C@H](C)NCC2CC(F)(F)C(=O)O2)cc1. The topological polar surface area (TPSA) is 38.3 Å². The Bertz CT molecular complexity index is 459. The number of benzene rings is 1. The van der Waals surface area contributed by atoms with Crippen molar-refractivity contribution in [1.82, 2.24) is 5.32 Å². The lowest BCUT2D eigenvalue weighted by atomic mass is 10.1. The zero-order valence-corrected chi connectivity index (χ0v) is 11.0. The van der Waals surface area contributed by atoms with E-state index in [1.165, 1.54) is 5.56 Å². The molecule has 0 saturated carbocycles. The first-order chi connectivity index (χ1) is 8.88. The zero-order valence-electron chi connectivity index (χ0n) is 11.0. The minimum Gasteiger partial charge on any atom is -0.456 e. The van der Waals surface area contributed by atoms with Crippen molar-refractivity contribution in [2.45, 2.75) is 38.3 Å². The summed E-state index contributed by atoms with van der Waals surface area (Å²) in [5.74, 6) is -4.75. The maximum Gasteiger partial charge on any atom is 0.377 e. The number of hydrogen-bond donors (Lipinski definition) is 1. The van der Waals surface area contributed by atoms with Gasteiger partial charge in [0.1, 0.15) is 6.10 Å². The summed E-state index contributed by atoms with van der Waals surface area (Å²) in [6.45, 7) is 4.18. The molecule has 0 spiro atoms. The summed E-state index contributed by atoms with van der Waals surface area (Å²) < 4.78 is 30.6. The van der Waals surface area contributed by atoms with Gasteiger partial charge in [0.15, 0.2) is 0 Å². The van der Waals surface area contributed by atoms with Crippen LogP contribution >= 0.6 is 0 Å². The lowest BCUT2D eigenvalue weighted by Crippen LogP contribution is -2.29. The van der Waals surface area contributed by atoms with Gasteiger partial charge in [0.25, 0.3) is 0 Å². The maximum atomic E-state index is 13.0. The zero-order chi connectivity index (χ0) is 14.0. The van der Waals surface area contributed by atoms with Gasteiger partial charge in [0.2, 0.25) is 0 Å². The summed E-state index contributed by atoms with van der Waals surface area (Å²) in [6, 6.07) is 7.99. The van der Waals surface area contributed by atoms with E-state index < -0.39 is 24.4 Å². The van der Waals surface area contributed by atoms with Crippen LogP contribution in [0.25, 0.3) is 0 Å². The van der Waals surface area contributed by atoms with Crippen LogP contribution in [0.4, 0.5) is 8.78 Å². The van der Waals surface area contributed by atoms with Gasteiger partial charge in [0.05, 0.1) is 6.42 Å². The van der Waals surface area contributed by atoms with Gasteiger partial charge in [-0.05, 0) is 19.4 Å². The van der Waals surface area contributed by atoms with E-state index in [0.717, 1.165) is 5.56 Å². The first-order valence-electron chi connectivity index (χ1n) is 6.27. The Morgan fingerprint density at radius 2 is 2.05 bits per heavy atom. The second-order valence-corrected chi connectivity index (χ2v) is 4.98. The molecule has 0 amide bonds. The number of rotatable bonds is 4. The predicted molar refractivity (Wildman–Crippen MR) is 67.0 cm³/mol. The van der Waals surface area contributed by atoms with E-state index in [9.17, 15) is 13.6 Å². The van der Waals surface area contributed by atoms with E-state index in [4.69, 9.17) is 0 Å². The van der Waals surface area contributed by atoms with E-state index in [1.54, 1.807) is 0 Å². The molecule has 1 fully saturated rings. The smallest absolute Gasteiger partial charge is 0.377 e. The minimum absolute atomic E-state index is 0.0218. The lowest BCUT2D eigenvalue weighted by Gasteiger charge is -2.17. The second kappa shape index (κ2) is 5.25. The molecule has 1 aliphatic rings. The Morgan fingerprint density at radius 3 is 2.58 bits per heavy atom. The molecule has 1 aromatic carbocycles. The van der Waals surface area contributed by atoms with Crippen LogP contribution in [0.1, 0.15) is 30.5 Å². The summed E-state index contributed by atoms with van der Waals surface area (Å²) in [5.41, 5.74) is 2.24. The van der Waals surface area contributed by atoms with Gasteiger partial charge in [-0.25, -0.2) is 4.79 Å². The number of halogens is 2. The number of carbonyl (C=O) groups is 1. The van der Waals surface area contributed by atoms with E-state index >= 15 is 0 Å². The van der Waals surface area contributed by atoms with Crippen LogP contribution < -0.4 is 5.32 Å². The molecule has 0 bridgehead atoms. The Hall–Kier alpha value is -1.49. The molecule has 3 nitrogen and oxygen atoms in total. The van der Waals surface area contributed by atoms with Crippen LogP contribution in [0.15, 0.2) is 24.3 Å². The van der Waals surface area contributed by atoms with E-state index in [1.807, 2.05) is 38.1 Å². The fourth-order valence-electron chi connectivity index (χ4n) is 2.04. The molecule has 1 saturated heterocycles. The van der Waals surface area contributed by atoms with Gasteiger partial charge >= 0.3 is 11.9 Å². The fraction of sp³-hybridized carbons (Fsp3) is 0.500. The average molecular weight is 269 g/mol. The van der Waals surface area contributed by atoms with Crippen molar-refractivity contribution < 1.29 is 18.3 Å². The number of esters is 1. The van der Waals surface area contributed by atoms with Crippen molar-refractivity contribution in [3.05, 3.63) is 35.4 Å². The second-order valence-electron chi connectivity index (χ2n) is 4.98. The molecule has 0 aromatic heterocycles. The highest BCUT2D eigenvalue weighted by molar-refractivity contribution is 5.79. The van der Waals surface area contributed by atoms with Gasteiger partial charge in [-0.3, -0.25) is 0 Å². The number of hydrogen-bond acceptors (Lipinski definition) is 3. The van der Waals surface area contributed by atoms with E-state index in [-0.39, 0.29) is 12.6 Å². The highest BCUT2D eigenvalue weighted by Crippen LogP contribution is 2.30. The van der Waals surface area contributed by atoms with Gasteiger partial charge < -0.3 is 10.1 Å². The largest absolute Gasteiger partial charge is 0.456 e. The van der Waals surface area contributed by atoms with Crippen molar-refractivity contribution in [2.24, 2.45) is 0 Å². The third kappa shape index (κ3) is 3.29.